The standard InChI is InChI=1S/C30H36N4O3S/c1-19-13-14-24(31-19)27(35)25(16-21-8-4-3-5-9-21)33-28(36)22-10-6-11-23(17-22)30(37)34-15-7-12-26(34)29-32-20(2)18-38-29/h3-6,8-11,17-19,24-27,31,35H,7,12-16H2,1-2H3,(H,33,36)/t19-,24-,25+,26-,27+/m1/s1. The Bertz CT molecular complexity index is 1260. The van der Waals surface area contributed by atoms with Crippen LogP contribution in [-0.4, -0.2) is 57.6 Å². The second-order valence-corrected chi connectivity index (χ2v) is 11.5. The van der Waals surface area contributed by atoms with E-state index in [0.717, 1.165) is 41.9 Å². The van der Waals surface area contributed by atoms with Crippen LogP contribution in [0.15, 0.2) is 60.0 Å². The molecule has 0 saturated carbocycles. The first-order valence-electron chi connectivity index (χ1n) is 13.5. The first-order chi connectivity index (χ1) is 18.4. The molecule has 2 aliphatic heterocycles. The summed E-state index contributed by atoms with van der Waals surface area (Å²) < 4.78 is 0. The lowest BCUT2D eigenvalue weighted by Gasteiger charge is -2.29. The molecule has 1 aromatic heterocycles. The lowest BCUT2D eigenvalue weighted by atomic mass is 9.95. The number of aliphatic hydroxyl groups is 1. The van der Waals surface area contributed by atoms with E-state index in [1.54, 1.807) is 35.6 Å². The molecule has 200 valence electrons. The Kier molecular flexibility index (Phi) is 8.21. The predicted molar refractivity (Wildman–Crippen MR) is 149 cm³/mol. The Morgan fingerprint density at radius 1 is 1.13 bits per heavy atom. The van der Waals surface area contributed by atoms with E-state index in [1.807, 2.05) is 47.5 Å². The number of thiazole rings is 1. The smallest absolute Gasteiger partial charge is 0.254 e. The predicted octanol–water partition coefficient (Wildman–Crippen LogP) is 4.27. The highest BCUT2D eigenvalue weighted by molar-refractivity contribution is 7.09. The van der Waals surface area contributed by atoms with E-state index in [-0.39, 0.29) is 23.9 Å². The van der Waals surface area contributed by atoms with Crippen molar-refractivity contribution in [3.63, 3.8) is 0 Å². The summed E-state index contributed by atoms with van der Waals surface area (Å²) in [6.07, 6.45) is 3.47. The molecule has 2 amide bonds. The van der Waals surface area contributed by atoms with Crippen LogP contribution in [0.4, 0.5) is 0 Å². The van der Waals surface area contributed by atoms with Gasteiger partial charge in [0.15, 0.2) is 0 Å². The van der Waals surface area contributed by atoms with E-state index in [0.29, 0.717) is 30.1 Å². The molecule has 0 radical (unpaired) electrons. The van der Waals surface area contributed by atoms with E-state index >= 15 is 0 Å². The van der Waals surface area contributed by atoms with Crippen molar-refractivity contribution in [1.82, 2.24) is 20.5 Å². The Morgan fingerprint density at radius 3 is 2.63 bits per heavy atom. The van der Waals surface area contributed by atoms with E-state index in [2.05, 4.69) is 22.5 Å². The molecule has 0 aliphatic carbocycles. The highest BCUT2D eigenvalue weighted by Gasteiger charge is 2.34. The van der Waals surface area contributed by atoms with Crippen LogP contribution in [0.3, 0.4) is 0 Å². The molecule has 3 aromatic rings. The molecular weight excluding hydrogens is 496 g/mol. The largest absolute Gasteiger partial charge is 0.389 e. The quantitative estimate of drug-likeness (QED) is 0.403. The van der Waals surface area contributed by atoms with Crippen molar-refractivity contribution >= 4 is 23.2 Å². The van der Waals surface area contributed by atoms with E-state index in [9.17, 15) is 14.7 Å². The van der Waals surface area contributed by atoms with Crippen LogP contribution >= 0.6 is 11.3 Å². The third kappa shape index (κ3) is 5.98. The van der Waals surface area contributed by atoms with Gasteiger partial charge in [0, 0.05) is 40.8 Å². The number of aromatic nitrogens is 1. The van der Waals surface area contributed by atoms with Crippen LogP contribution in [0.25, 0.3) is 0 Å². The van der Waals surface area contributed by atoms with Gasteiger partial charge in [-0.15, -0.1) is 11.3 Å². The van der Waals surface area contributed by atoms with Crippen molar-refractivity contribution in [2.24, 2.45) is 0 Å². The van der Waals surface area contributed by atoms with Gasteiger partial charge in [-0.05, 0) is 69.7 Å². The summed E-state index contributed by atoms with van der Waals surface area (Å²) in [5, 5.41) is 20.8. The molecular formula is C30H36N4O3S. The van der Waals surface area contributed by atoms with Crippen molar-refractivity contribution in [3.8, 4) is 0 Å². The first-order valence-corrected chi connectivity index (χ1v) is 14.4. The second-order valence-electron chi connectivity index (χ2n) is 10.6. The van der Waals surface area contributed by atoms with Crippen LogP contribution in [0.1, 0.15) is 75.6 Å². The number of nitrogens with one attached hydrogen (secondary N) is 2. The number of aryl methyl sites for hydroxylation is 1. The van der Waals surface area contributed by atoms with E-state index in [1.165, 1.54) is 0 Å². The minimum atomic E-state index is -0.735. The van der Waals surface area contributed by atoms with Crippen molar-refractivity contribution < 1.29 is 14.7 Å². The zero-order chi connectivity index (χ0) is 26.6. The van der Waals surface area contributed by atoms with Gasteiger partial charge in [0.1, 0.15) is 5.01 Å². The van der Waals surface area contributed by atoms with Gasteiger partial charge in [-0.25, -0.2) is 4.98 Å². The van der Waals surface area contributed by atoms with Crippen molar-refractivity contribution in [3.05, 3.63) is 87.4 Å². The number of hydrogen-bond acceptors (Lipinski definition) is 6. The molecule has 5 rings (SSSR count). The van der Waals surface area contributed by atoms with Crippen molar-refractivity contribution in [1.29, 1.82) is 0 Å². The van der Waals surface area contributed by atoms with Crippen molar-refractivity contribution in [2.75, 3.05) is 6.54 Å². The molecule has 2 saturated heterocycles. The number of hydrogen-bond donors (Lipinski definition) is 3. The van der Waals surface area contributed by atoms with Crippen LogP contribution in [-0.2, 0) is 6.42 Å². The highest BCUT2D eigenvalue weighted by Crippen LogP contribution is 2.34. The fraction of sp³-hybridized carbons (Fsp3) is 0.433. The monoisotopic (exact) mass is 532 g/mol. The van der Waals surface area contributed by atoms with E-state index in [4.69, 9.17) is 0 Å². The zero-order valence-corrected chi connectivity index (χ0v) is 22.8. The topological polar surface area (TPSA) is 94.6 Å². The number of likely N-dealkylation sites (tertiary alicyclic amines) is 1. The third-order valence-corrected chi connectivity index (χ3v) is 8.72. The summed E-state index contributed by atoms with van der Waals surface area (Å²) >= 11 is 1.59. The number of benzene rings is 2. The van der Waals surface area contributed by atoms with Crippen LogP contribution in [0.2, 0.25) is 0 Å². The highest BCUT2D eigenvalue weighted by atomic mass is 32.1. The lowest BCUT2D eigenvalue weighted by Crippen LogP contribution is -2.52. The van der Waals surface area contributed by atoms with Crippen LogP contribution in [0.5, 0.6) is 0 Å². The van der Waals surface area contributed by atoms with Crippen molar-refractivity contribution in [2.45, 2.75) is 76.2 Å². The molecule has 0 bridgehead atoms. The number of nitrogens with zero attached hydrogens (tertiary/aromatic N) is 2. The molecule has 2 fully saturated rings. The Morgan fingerprint density at radius 2 is 1.92 bits per heavy atom. The molecule has 0 spiro atoms. The number of amides is 2. The summed E-state index contributed by atoms with van der Waals surface area (Å²) in [6.45, 7) is 4.76. The number of carbonyl (C=O) groups excluding carboxylic acids is 2. The first kappa shape index (κ1) is 26.5. The van der Waals surface area contributed by atoms with Gasteiger partial charge in [-0.1, -0.05) is 36.4 Å². The summed E-state index contributed by atoms with van der Waals surface area (Å²) in [5.74, 6) is -0.376. The van der Waals surface area contributed by atoms with Gasteiger partial charge >= 0.3 is 0 Å². The van der Waals surface area contributed by atoms with Gasteiger partial charge in [-0.2, -0.15) is 0 Å². The molecule has 3 N–H and O–H groups in total. The SMILES string of the molecule is Cc1csc([C@H]2CCCN2C(=O)c2cccc(C(=O)N[C@@H](Cc3ccccc3)[C@@H](O)[C@H]3CC[C@@H](C)N3)c2)n1. The molecule has 8 heteroatoms. The fourth-order valence-electron chi connectivity index (χ4n) is 5.64. The molecule has 5 atom stereocenters. The average molecular weight is 533 g/mol. The normalized spacial score (nSPS) is 22.8. The minimum absolute atomic E-state index is 0.0228. The Balaban J connectivity index is 1.32. The fourth-order valence-corrected chi connectivity index (χ4v) is 6.58. The van der Waals surface area contributed by atoms with Gasteiger partial charge < -0.3 is 20.6 Å². The number of aliphatic hydroxyl groups excluding tert-OH is 1. The van der Waals surface area contributed by atoms with Gasteiger partial charge in [0.25, 0.3) is 11.8 Å². The summed E-state index contributed by atoms with van der Waals surface area (Å²) in [6, 6.07) is 16.6. The second kappa shape index (κ2) is 11.8. The number of rotatable bonds is 8. The third-order valence-electron chi connectivity index (χ3n) is 7.66. The number of carbonyl (C=O) groups is 2. The Labute approximate surface area is 228 Å². The average Bonchev–Trinajstić information content (AvgIpc) is 3.69. The summed E-state index contributed by atoms with van der Waals surface area (Å²) in [4.78, 5) is 33.4. The molecule has 38 heavy (non-hydrogen) atoms. The maximum absolute atomic E-state index is 13.5. The molecule has 3 heterocycles. The molecule has 7 nitrogen and oxygen atoms in total. The molecule has 2 aliphatic rings. The maximum Gasteiger partial charge on any atom is 0.254 e. The van der Waals surface area contributed by atoms with Gasteiger partial charge in [-0.3, -0.25) is 9.59 Å². The van der Waals surface area contributed by atoms with Gasteiger partial charge in [0.05, 0.1) is 18.2 Å². The minimum Gasteiger partial charge on any atom is -0.389 e. The maximum atomic E-state index is 13.5. The van der Waals surface area contributed by atoms with Gasteiger partial charge in [0.2, 0.25) is 0 Å². The summed E-state index contributed by atoms with van der Waals surface area (Å²) in [5.41, 5.74) is 2.92. The molecule has 2 aromatic carbocycles. The lowest BCUT2D eigenvalue weighted by molar-refractivity contribution is 0.0730. The van der Waals surface area contributed by atoms with Crippen LogP contribution < -0.4 is 10.6 Å². The van der Waals surface area contributed by atoms with E-state index < -0.39 is 12.1 Å². The molecule has 0 unspecified atom stereocenters. The Hall–Kier alpha value is -3.07. The zero-order valence-electron chi connectivity index (χ0n) is 22.0. The van der Waals surface area contributed by atoms with Crippen LogP contribution in [0, 0.1) is 6.92 Å². The summed E-state index contributed by atoms with van der Waals surface area (Å²) in [7, 11) is 0.